The first kappa shape index (κ1) is 20.5. The lowest BCUT2D eigenvalue weighted by molar-refractivity contribution is -0.134. The Balaban J connectivity index is 1.62. The van der Waals surface area contributed by atoms with E-state index in [9.17, 15) is 13.2 Å². The molecular formula is C18H25N3O3S3. The molecule has 0 unspecified atom stereocenters. The van der Waals surface area contributed by atoms with Gasteiger partial charge in [0.25, 0.3) is 0 Å². The summed E-state index contributed by atoms with van der Waals surface area (Å²) in [6, 6.07) is 6.28. The molecule has 1 N–H and O–H groups in total. The van der Waals surface area contributed by atoms with E-state index in [2.05, 4.69) is 27.6 Å². The van der Waals surface area contributed by atoms with Crippen molar-refractivity contribution >= 4 is 38.6 Å². The van der Waals surface area contributed by atoms with E-state index < -0.39 is 10.0 Å². The van der Waals surface area contributed by atoms with Gasteiger partial charge in [0.2, 0.25) is 15.9 Å². The maximum atomic E-state index is 13.0. The molecule has 0 radical (unpaired) electrons. The third-order valence-electron chi connectivity index (χ3n) is 4.58. The molecule has 1 atom stereocenters. The van der Waals surface area contributed by atoms with Crippen LogP contribution in [0.5, 0.6) is 0 Å². The second-order valence-corrected chi connectivity index (χ2v) is 10.6. The Morgan fingerprint density at radius 2 is 2.15 bits per heavy atom. The third-order valence-corrected chi connectivity index (χ3v) is 7.23. The first-order valence-corrected chi connectivity index (χ1v) is 12.5. The van der Waals surface area contributed by atoms with E-state index in [0.29, 0.717) is 26.1 Å². The molecular weight excluding hydrogens is 402 g/mol. The Labute approximate surface area is 168 Å². The molecule has 0 aliphatic carbocycles. The number of amides is 1. The van der Waals surface area contributed by atoms with E-state index in [1.807, 2.05) is 22.9 Å². The van der Waals surface area contributed by atoms with Gasteiger partial charge in [0.05, 0.1) is 18.8 Å². The van der Waals surface area contributed by atoms with Gasteiger partial charge in [-0.25, -0.2) is 13.1 Å². The normalized spacial score (nSPS) is 17.3. The lowest BCUT2D eigenvalue weighted by Crippen LogP contribution is -2.44. The molecule has 0 aromatic carbocycles. The average Bonchev–Trinajstić information content (AvgIpc) is 3.28. The van der Waals surface area contributed by atoms with Crippen LogP contribution in [0.15, 0.2) is 29.0 Å². The third kappa shape index (κ3) is 5.39. The highest BCUT2D eigenvalue weighted by molar-refractivity contribution is 7.88. The molecule has 2 aromatic rings. The van der Waals surface area contributed by atoms with Crippen LogP contribution in [0.25, 0.3) is 0 Å². The summed E-state index contributed by atoms with van der Waals surface area (Å²) < 4.78 is 24.7. The first-order chi connectivity index (χ1) is 12.8. The fraction of sp³-hybridized carbons (Fsp3) is 0.500. The van der Waals surface area contributed by atoms with Gasteiger partial charge in [-0.2, -0.15) is 0 Å². The minimum absolute atomic E-state index is 0.00722. The Hall–Kier alpha value is -1.26. The van der Waals surface area contributed by atoms with Crippen LogP contribution in [0.2, 0.25) is 0 Å². The molecule has 2 aromatic heterocycles. The minimum atomic E-state index is -3.16. The van der Waals surface area contributed by atoms with Crippen molar-refractivity contribution in [3.05, 3.63) is 44.3 Å². The van der Waals surface area contributed by atoms with Gasteiger partial charge in [-0.3, -0.25) is 9.69 Å². The van der Waals surface area contributed by atoms with E-state index in [1.54, 1.807) is 22.7 Å². The van der Waals surface area contributed by atoms with Gasteiger partial charge in [-0.1, -0.05) is 6.07 Å². The predicted octanol–water partition coefficient (Wildman–Crippen LogP) is 2.15. The summed E-state index contributed by atoms with van der Waals surface area (Å²) in [6.45, 7) is 2.12. The fourth-order valence-corrected chi connectivity index (χ4v) is 5.62. The SMILES string of the molecule is CN(CCCNS(C)(=O)=O)CC(=O)N1CCc2sccc2[C@H]1c1cccs1. The number of nitrogens with zero attached hydrogens (tertiary/aromatic N) is 2. The molecule has 9 heteroatoms. The van der Waals surface area contributed by atoms with Gasteiger partial charge in [0, 0.05) is 22.8 Å². The molecule has 1 amide bonds. The number of carbonyl (C=O) groups excluding carboxylic acids is 1. The molecule has 0 saturated heterocycles. The smallest absolute Gasteiger partial charge is 0.237 e. The van der Waals surface area contributed by atoms with Crippen molar-refractivity contribution in [1.29, 1.82) is 0 Å². The summed E-state index contributed by atoms with van der Waals surface area (Å²) in [5.74, 6) is 0.115. The Morgan fingerprint density at radius 3 is 2.85 bits per heavy atom. The molecule has 1 aliphatic rings. The monoisotopic (exact) mass is 427 g/mol. The summed E-state index contributed by atoms with van der Waals surface area (Å²) in [7, 11) is -1.26. The van der Waals surface area contributed by atoms with Crippen molar-refractivity contribution in [3.63, 3.8) is 0 Å². The Kier molecular flexibility index (Phi) is 6.69. The van der Waals surface area contributed by atoms with Crippen molar-refractivity contribution in [2.45, 2.75) is 18.9 Å². The van der Waals surface area contributed by atoms with Crippen LogP contribution in [0.4, 0.5) is 0 Å². The maximum Gasteiger partial charge on any atom is 0.237 e. The molecule has 0 fully saturated rings. The minimum Gasteiger partial charge on any atom is -0.329 e. The van der Waals surface area contributed by atoms with E-state index in [1.165, 1.54) is 15.3 Å². The standard InChI is InChI=1S/C18H25N3O3S3/c1-20(9-4-8-19-27(2,23)24)13-17(22)21-10-6-15-14(7-12-26-15)18(21)16-5-3-11-25-16/h3,5,7,11-12,18-19H,4,6,8-10,13H2,1-2H3/t18-/m0/s1. The van der Waals surface area contributed by atoms with Crippen LogP contribution >= 0.6 is 22.7 Å². The second kappa shape index (κ2) is 8.83. The highest BCUT2D eigenvalue weighted by atomic mass is 32.2. The molecule has 0 spiro atoms. The number of nitrogens with one attached hydrogen (secondary N) is 1. The van der Waals surface area contributed by atoms with Crippen molar-refractivity contribution in [2.75, 3.05) is 39.5 Å². The number of fused-ring (bicyclic) bond motifs is 1. The molecule has 1 aliphatic heterocycles. The zero-order chi connectivity index (χ0) is 19.4. The van der Waals surface area contributed by atoms with Gasteiger partial charge < -0.3 is 4.90 Å². The lowest BCUT2D eigenvalue weighted by Gasteiger charge is -2.36. The molecule has 6 nitrogen and oxygen atoms in total. The van der Waals surface area contributed by atoms with Gasteiger partial charge in [-0.05, 0) is 54.9 Å². The number of carbonyl (C=O) groups is 1. The lowest BCUT2D eigenvalue weighted by atomic mass is 9.98. The van der Waals surface area contributed by atoms with Crippen LogP contribution in [-0.4, -0.2) is 63.6 Å². The quantitative estimate of drug-likeness (QED) is 0.656. The fourth-order valence-electron chi connectivity index (χ4n) is 3.35. The zero-order valence-electron chi connectivity index (χ0n) is 15.6. The van der Waals surface area contributed by atoms with E-state index >= 15 is 0 Å². The number of rotatable bonds is 8. The molecule has 3 rings (SSSR count). The molecule has 148 valence electrons. The highest BCUT2D eigenvalue weighted by Gasteiger charge is 2.33. The molecule has 0 bridgehead atoms. The van der Waals surface area contributed by atoms with Crippen molar-refractivity contribution in [3.8, 4) is 0 Å². The molecule has 3 heterocycles. The summed E-state index contributed by atoms with van der Waals surface area (Å²) in [5.41, 5.74) is 1.25. The van der Waals surface area contributed by atoms with Crippen molar-refractivity contribution < 1.29 is 13.2 Å². The Morgan fingerprint density at radius 1 is 1.33 bits per heavy atom. The summed E-state index contributed by atoms with van der Waals surface area (Å²) in [6.07, 6.45) is 2.72. The number of likely N-dealkylation sites (N-methyl/N-ethyl adjacent to an activating group) is 1. The first-order valence-electron chi connectivity index (χ1n) is 8.87. The van der Waals surface area contributed by atoms with Crippen molar-refractivity contribution in [1.82, 2.24) is 14.5 Å². The van der Waals surface area contributed by atoms with E-state index in [-0.39, 0.29) is 11.9 Å². The number of thiophene rings is 2. The number of sulfonamides is 1. The van der Waals surface area contributed by atoms with E-state index in [4.69, 9.17) is 0 Å². The van der Waals surface area contributed by atoms with Gasteiger partial charge in [0.15, 0.2) is 0 Å². The summed E-state index contributed by atoms with van der Waals surface area (Å²) in [4.78, 5) is 19.5. The number of hydrogen-bond donors (Lipinski definition) is 1. The van der Waals surface area contributed by atoms with Crippen LogP contribution < -0.4 is 4.72 Å². The van der Waals surface area contributed by atoms with Gasteiger partial charge in [0.1, 0.15) is 0 Å². The van der Waals surface area contributed by atoms with Crippen LogP contribution in [-0.2, 0) is 21.2 Å². The van der Waals surface area contributed by atoms with Crippen LogP contribution in [0.1, 0.15) is 27.8 Å². The molecule has 0 saturated carbocycles. The van der Waals surface area contributed by atoms with Crippen LogP contribution in [0, 0.1) is 0 Å². The van der Waals surface area contributed by atoms with E-state index in [0.717, 1.165) is 19.2 Å². The second-order valence-electron chi connectivity index (χ2n) is 6.81. The summed E-state index contributed by atoms with van der Waals surface area (Å²) >= 11 is 3.46. The number of hydrogen-bond acceptors (Lipinski definition) is 6. The topological polar surface area (TPSA) is 69.7 Å². The van der Waals surface area contributed by atoms with Crippen molar-refractivity contribution in [2.24, 2.45) is 0 Å². The average molecular weight is 428 g/mol. The van der Waals surface area contributed by atoms with Gasteiger partial charge >= 0.3 is 0 Å². The predicted molar refractivity (Wildman–Crippen MR) is 111 cm³/mol. The Bertz CT molecular complexity index is 862. The summed E-state index contributed by atoms with van der Waals surface area (Å²) in [5, 5.41) is 4.17. The van der Waals surface area contributed by atoms with Crippen LogP contribution in [0.3, 0.4) is 0 Å². The largest absolute Gasteiger partial charge is 0.329 e. The zero-order valence-corrected chi connectivity index (χ0v) is 18.0. The highest BCUT2D eigenvalue weighted by Crippen LogP contribution is 2.39. The van der Waals surface area contributed by atoms with Gasteiger partial charge in [-0.15, -0.1) is 22.7 Å². The molecule has 27 heavy (non-hydrogen) atoms. The maximum absolute atomic E-state index is 13.0.